The van der Waals surface area contributed by atoms with Crippen molar-refractivity contribution in [2.75, 3.05) is 5.32 Å². The Balaban J connectivity index is 2.74. The van der Waals surface area contributed by atoms with E-state index in [0.29, 0.717) is 12.8 Å². The molecule has 0 aliphatic carbocycles. The standard InChI is InChI=1S/C9H17N7O2/c1-3-4-5-9(10,12-6(2)17)7(18)11-8-13-15-16-14-8/h3-5,10H2,1-2H3,(H,12,17)(H2,11,13,14,15,16,18). The predicted octanol–water partition coefficient (Wildman–Crippen LogP) is -0.880. The van der Waals surface area contributed by atoms with Gasteiger partial charge in [-0.2, -0.15) is 5.21 Å². The van der Waals surface area contributed by atoms with Crippen LogP contribution in [0.25, 0.3) is 0 Å². The van der Waals surface area contributed by atoms with Crippen LogP contribution in [0.1, 0.15) is 33.1 Å². The molecule has 2 amide bonds. The van der Waals surface area contributed by atoms with Gasteiger partial charge in [-0.05, 0) is 18.1 Å². The second kappa shape index (κ2) is 6.05. The summed E-state index contributed by atoms with van der Waals surface area (Å²) in [6.45, 7) is 3.26. The summed E-state index contributed by atoms with van der Waals surface area (Å²) in [5, 5.41) is 17.5. The molecule has 1 unspecified atom stereocenters. The van der Waals surface area contributed by atoms with E-state index in [1.54, 1.807) is 0 Å². The molecule has 0 bridgehead atoms. The van der Waals surface area contributed by atoms with Gasteiger partial charge in [0.2, 0.25) is 5.91 Å². The number of unbranched alkanes of at least 4 members (excludes halogenated alkanes) is 1. The van der Waals surface area contributed by atoms with Crippen LogP contribution < -0.4 is 16.4 Å². The number of hydrogen-bond acceptors (Lipinski definition) is 6. The van der Waals surface area contributed by atoms with E-state index < -0.39 is 11.6 Å². The molecular weight excluding hydrogens is 238 g/mol. The number of aromatic amines is 1. The van der Waals surface area contributed by atoms with Crippen molar-refractivity contribution < 1.29 is 9.59 Å². The highest BCUT2D eigenvalue weighted by Gasteiger charge is 2.34. The maximum atomic E-state index is 12.0. The molecule has 0 saturated carbocycles. The number of anilines is 1. The van der Waals surface area contributed by atoms with Crippen molar-refractivity contribution in [2.45, 2.75) is 38.8 Å². The van der Waals surface area contributed by atoms with Gasteiger partial charge in [0.25, 0.3) is 11.9 Å². The number of nitrogens with one attached hydrogen (secondary N) is 3. The van der Waals surface area contributed by atoms with Crippen LogP contribution in [0.3, 0.4) is 0 Å². The van der Waals surface area contributed by atoms with Gasteiger partial charge >= 0.3 is 0 Å². The van der Waals surface area contributed by atoms with Crippen LogP contribution >= 0.6 is 0 Å². The first-order valence-electron chi connectivity index (χ1n) is 5.60. The molecule has 100 valence electrons. The average molecular weight is 255 g/mol. The highest BCUT2D eigenvalue weighted by Crippen LogP contribution is 2.10. The zero-order chi connectivity index (χ0) is 13.6. The van der Waals surface area contributed by atoms with Crippen molar-refractivity contribution in [3.05, 3.63) is 0 Å². The smallest absolute Gasteiger partial charge is 0.269 e. The molecule has 0 aliphatic heterocycles. The van der Waals surface area contributed by atoms with E-state index in [9.17, 15) is 9.59 Å². The van der Waals surface area contributed by atoms with E-state index in [2.05, 4.69) is 31.3 Å². The summed E-state index contributed by atoms with van der Waals surface area (Å²) in [7, 11) is 0. The van der Waals surface area contributed by atoms with Crippen LogP contribution in [0.15, 0.2) is 0 Å². The Morgan fingerprint density at radius 1 is 1.50 bits per heavy atom. The molecule has 5 N–H and O–H groups in total. The fourth-order valence-electron chi connectivity index (χ4n) is 1.43. The second-order valence-electron chi connectivity index (χ2n) is 3.95. The average Bonchev–Trinajstić information content (AvgIpc) is 2.78. The van der Waals surface area contributed by atoms with Gasteiger partial charge < -0.3 is 11.1 Å². The largest absolute Gasteiger partial charge is 0.330 e. The van der Waals surface area contributed by atoms with Gasteiger partial charge in [-0.15, -0.1) is 5.10 Å². The van der Waals surface area contributed by atoms with Gasteiger partial charge in [-0.3, -0.25) is 14.9 Å². The van der Waals surface area contributed by atoms with E-state index in [-0.39, 0.29) is 11.9 Å². The molecule has 9 nitrogen and oxygen atoms in total. The molecule has 0 aliphatic rings. The first-order chi connectivity index (χ1) is 8.48. The van der Waals surface area contributed by atoms with E-state index in [1.165, 1.54) is 6.92 Å². The lowest BCUT2D eigenvalue weighted by Gasteiger charge is -2.28. The third-order valence-electron chi connectivity index (χ3n) is 2.30. The minimum Gasteiger partial charge on any atom is -0.330 e. The molecule has 1 atom stereocenters. The molecule has 0 fully saturated rings. The van der Waals surface area contributed by atoms with Crippen LogP contribution in [0.5, 0.6) is 0 Å². The lowest BCUT2D eigenvalue weighted by molar-refractivity contribution is -0.129. The molecule has 0 saturated heterocycles. The van der Waals surface area contributed by atoms with E-state index in [1.807, 2.05) is 6.92 Å². The minimum atomic E-state index is -1.47. The molecule has 1 aromatic rings. The summed E-state index contributed by atoms with van der Waals surface area (Å²) in [6.07, 6.45) is 1.89. The summed E-state index contributed by atoms with van der Waals surface area (Å²) < 4.78 is 0. The fourth-order valence-corrected chi connectivity index (χ4v) is 1.43. The van der Waals surface area contributed by atoms with E-state index in [0.717, 1.165) is 6.42 Å². The molecule has 0 radical (unpaired) electrons. The zero-order valence-corrected chi connectivity index (χ0v) is 10.4. The lowest BCUT2D eigenvalue weighted by atomic mass is 10.0. The lowest BCUT2D eigenvalue weighted by Crippen LogP contribution is -2.63. The normalized spacial score (nSPS) is 13.7. The number of amides is 2. The van der Waals surface area contributed by atoms with Crippen molar-refractivity contribution in [3.63, 3.8) is 0 Å². The van der Waals surface area contributed by atoms with E-state index in [4.69, 9.17) is 5.73 Å². The summed E-state index contributed by atoms with van der Waals surface area (Å²) >= 11 is 0. The Hall–Kier alpha value is -2.03. The first-order valence-corrected chi connectivity index (χ1v) is 5.60. The molecule has 18 heavy (non-hydrogen) atoms. The van der Waals surface area contributed by atoms with Crippen molar-refractivity contribution in [2.24, 2.45) is 5.73 Å². The van der Waals surface area contributed by atoms with Gasteiger partial charge in [-0.25, -0.2) is 0 Å². The number of tetrazole rings is 1. The van der Waals surface area contributed by atoms with Crippen LogP contribution in [-0.4, -0.2) is 38.1 Å². The Kier molecular flexibility index (Phi) is 4.72. The fraction of sp³-hybridized carbons (Fsp3) is 0.667. The van der Waals surface area contributed by atoms with Gasteiger partial charge in [-0.1, -0.05) is 18.4 Å². The number of hydrogen-bond donors (Lipinski definition) is 4. The highest BCUT2D eigenvalue weighted by atomic mass is 16.2. The molecule has 1 rings (SSSR count). The third-order valence-corrected chi connectivity index (χ3v) is 2.30. The summed E-state index contributed by atoms with van der Waals surface area (Å²) in [6, 6.07) is 0. The Morgan fingerprint density at radius 3 is 2.72 bits per heavy atom. The van der Waals surface area contributed by atoms with Gasteiger partial charge in [0.15, 0.2) is 5.66 Å². The maximum Gasteiger partial charge on any atom is 0.269 e. The molecule has 0 spiro atoms. The quantitative estimate of drug-likeness (QED) is 0.487. The van der Waals surface area contributed by atoms with Crippen molar-refractivity contribution in [3.8, 4) is 0 Å². The molecule has 0 aromatic carbocycles. The number of aromatic nitrogens is 4. The molecule has 1 heterocycles. The summed E-state index contributed by atoms with van der Waals surface area (Å²) in [5.74, 6) is -0.943. The number of nitrogens with zero attached hydrogens (tertiary/aromatic N) is 3. The predicted molar refractivity (Wildman–Crippen MR) is 63.1 cm³/mol. The van der Waals surface area contributed by atoms with Crippen LogP contribution in [0, 0.1) is 0 Å². The van der Waals surface area contributed by atoms with Crippen molar-refractivity contribution in [1.82, 2.24) is 25.9 Å². The number of rotatable bonds is 6. The van der Waals surface area contributed by atoms with Crippen molar-refractivity contribution in [1.29, 1.82) is 0 Å². The Labute approximate surface area is 104 Å². The monoisotopic (exact) mass is 255 g/mol. The van der Waals surface area contributed by atoms with Gasteiger partial charge in [0.1, 0.15) is 0 Å². The van der Waals surface area contributed by atoms with E-state index >= 15 is 0 Å². The van der Waals surface area contributed by atoms with Crippen LogP contribution in [0.2, 0.25) is 0 Å². The Morgan fingerprint density at radius 2 is 2.22 bits per heavy atom. The summed E-state index contributed by atoms with van der Waals surface area (Å²) in [4.78, 5) is 23.1. The number of H-pyrrole nitrogens is 1. The number of nitrogens with two attached hydrogens (primary N) is 1. The zero-order valence-electron chi connectivity index (χ0n) is 10.4. The topological polar surface area (TPSA) is 139 Å². The van der Waals surface area contributed by atoms with Gasteiger partial charge in [0, 0.05) is 6.92 Å². The highest BCUT2D eigenvalue weighted by molar-refractivity contribution is 5.98. The van der Waals surface area contributed by atoms with Crippen molar-refractivity contribution >= 4 is 17.8 Å². The van der Waals surface area contributed by atoms with Gasteiger partial charge in [0.05, 0.1) is 0 Å². The maximum absolute atomic E-state index is 12.0. The van der Waals surface area contributed by atoms with Crippen LogP contribution in [0.4, 0.5) is 5.95 Å². The summed E-state index contributed by atoms with van der Waals surface area (Å²) in [5.41, 5.74) is 4.45. The second-order valence-corrected chi connectivity index (χ2v) is 3.95. The Bertz CT molecular complexity index is 405. The number of carbonyl (C=O) groups is 2. The minimum absolute atomic E-state index is 0.0108. The molecule has 9 heteroatoms. The SMILES string of the molecule is CCCCC(N)(NC(C)=O)C(=O)Nc1nn[nH]n1. The van der Waals surface area contributed by atoms with Crippen LogP contribution in [-0.2, 0) is 9.59 Å². The molecule has 1 aromatic heterocycles. The number of carbonyl (C=O) groups excluding carboxylic acids is 2. The third kappa shape index (κ3) is 3.77. The molecular formula is C9H17N7O2. The first kappa shape index (κ1) is 14.0.